The number of rotatable bonds is 6. The summed E-state index contributed by atoms with van der Waals surface area (Å²) in [5, 5.41) is 3.19. The number of morpholine rings is 1. The summed E-state index contributed by atoms with van der Waals surface area (Å²) in [6.45, 7) is 0.542. The predicted octanol–water partition coefficient (Wildman–Crippen LogP) is 2.81. The first kappa shape index (κ1) is 22.5. The number of ether oxygens (including phenoxy) is 2. The highest BCUT2D eigenvalue weighted by molar-refractivity contribution is 7.89. The van der Waals surface area contributed by atoms with Crippen LogP contribution in [-0.4, -0.2) is 57.5 Å². The fourth-order valence-electron chi connectivity index (χ4n) is 2.76. The van der Waals surface area contributed by atoms with Crippen molar-refractivity contribution in [2.24, 2.45) is 0 Å². The molecular formula is C19H18Cl2N2O6S. The monoisotopic (exact) mass is 472 g/mol. The molecule has 1 amide bonds. The lowest BCUT2D eigenvalue weighted by atomic mass is 10.2. The minimum Gasteiger partial charge on any atom is -0.452 e. The maximum atomic E-state index is 12.7. The Hall–Kier alpha value is -2.17. The van der Waals surface area contributed by atoms with Crippen LogP contribution in [0.1, 0.15) is 10.4 Å². The van der Waals surface area contributed by atoms with Gasteiger partial charge < -0.3 is 14.8 Å². The second-order valence-electron chi connectivity index (χ2n) is 6.33. The molecule has 1 aliphatic rings. The summed E-state index contributed by atoms with van der Waals surface area (Å²) in [4.78, 5) is 24.3. The largest absolute Gasteiger partial charge is 0.452 e. The van der Waals surface area contributed by atoms with E-state index in [1.165, 1.54) is 46.8 Å². The van der Waals surface area contributed by atoms with Crippen molar-refractivity contribution < 1.29 is 27.5 Å². The van der Waals surface area contributed by atoms with Crippen LogP contribution in [0.5, 0.6) is 0 Å². The highest BCUT2D eigenvalue weighted by Crippen LogP contribution is 2.22. The normalized spacial score (nSPS) is 14.9. The Kier molecular flexibility index (Phi) is 7.32. The van der Waals surface area contributed by atoms with Crippen LogP contribution >= 0.6 is 23.2 Å². The third kappa shape index (κ3) is 5.71. The number of amides is 1. The summed E-state index contributed by atoms with van der Waals surface area (Å²) < 4.78 is 36.9. The van der Waals surface area contributed by atoms with Gasteiger partial charge in [0.2, 0.25) is 10.0 Å². The lowest BCUT2D eigenvalue weighted by Gasteiger charge is -2.26. The minimum absolute atomic E-state index is 0.0166. The zero-order chi connectivity index (χ0) is 21.7. The maximum absolute atomic E-state index is 12.7. The summed E-state index contributed by atoms with van der Waals surface area (Å²) in [5.41, 5.74) is 0.370. The molecule has 1 fully saturated rings. The van der Waals surface area contributed by atoms with Gasteiger partial charge in [-0.3, -0.25) is 4.79 Å². The first-order valence-corrected chi connectivity index (χ1v) is 11.1. The Labute approximate surface area is 183 Å². The molecule has 2 aromatic rings. The van der Waals surface area contributed by atoms with Crippen LogP contribution in [0.25, 0.3) is 0 Å². The zero-order valence-electron chi connectivity index (χ0n) is 15.6. The number of halogens is 2. The number of nitrogens with one attached hydrogen (secondary N) is 1. The van der Waals surface area contributed by atoms with E-state index < -0.39 is 28.5 Å². The van der Waals surface area contributed by atoms with Crippen molar-refractivity contribution >= 4 is 50.8 Å². The summed E-state index contributed by atoms with van der Waals surface area (Å²) in [5.74, 6) is -1.42. The molecule has 0 aliphatic carbocycles. The molecule has 1 aliphatic heterocycles. The van der Waals surface area contributed by atoms with Gasteiger partial charge in [-0.15, -0.1) is 0 Å². The van der Waals surface area contributed by atoms with E-state index in [0.717, 1.165) is 0 Å². The zero-order valence-corrected chi connectivity index (χ0v) is 18.0. The van der Waals surface area contributed by atoms with Crippen molar-refractivity contribution in [3.63, 3.8) is 0 Å². The summed E-state index contributed by atoms with van der Waals surface area (Å²) in [6, 6.07) is 9.98. The van der Waals surface area contributed by atoms with Gasteiger partial charge in [0.05, 0.1) is 23.7 Å². The first-order valence-electron chi connectivity index (χ1n) is 8.87. The van der Waals surface area contributed by atoms with Crippen molar-refractivity contribution in [1.29, 1.82) is 0 Å². The highest BCUT2D eigenvalue weighted by atomic mass is 35.5. The molecule has 0 saturated carbocycles. The minimum atomic E-state index is -3.76. The van der Waals surface area contributed by atoms with Gasteiger partial charge in [-0.05, 0) is 36.4 Å². The molecule has 11 heteroatoms. The molecule has 1 heterocycles. The molecule has 30 heavy (non-hydrogen) atoms. The van der Waals surface area contributed by atoms with Gasteiger partial charge in [0.15, 0.2) is 6.61 Å². The number of carbonyl (C=O) groups is 2. The van der Waals surface area contributed by atoms with Crippen molar-refractivity contribution in [3.8, 4) is 0 Å². The van der Waals surface area contributed by atoms with E-state index in [9.17, 15) is 18.0 Å². The van der Waals surface area contributed by atoms with Gasteiger partial charge in [-0.1, -0.05) is 29.3 Å². The number of anilines is 1. The van der Waals surface area contributed by atoms with Gasteiger partial charge >= 0.3 is 5.97 Å². The fraction of sp³-hybridized carbons (Fsp3) is 0.263. The molecule has 1 N–H and O–H groups in total. The predicted molar refractivity (Wildman–Crippen MR) is 111 cm³/mol. The van der Waals surface area contributed by atoms with Gasteiger partial charge in [0.1, 0.15) is 0 Å². The molecule has 0 unspecified atom stereocenters. The van der Waals surface area contributed by atoms with Crippen LogP contribution in [0.3, 0.4) is 0 Å². The van der Waals surface area contributed by atoms with E-state index in [0.29, 0.717) is 28.9 Å². The topological polar surface area (TPSA) is 102 Å². The molecule has 0 atom stereocenters. The van der Waals surface area contributed by atoms with Gasteiger partial charge in [0, 0.05) is 28.8 Å². The van der Waals surface area contributed by atoms with Crippen LogP contribution < -0.4 is 5.32 Å². The molecule has 2 aromatic carbocycles. The van der Waals surface area contributed by atoms with Crippen molar-refractivity contribution in [3.05, 3.63) is 58.1 Å². The molecule has 3 rings (SSSR count). The molecule has 0 aromatic heterocycles. The second-order valence-corrected chi connectivity index (χ2v) is 9.14. The van der Waals surface area contributed by atoms with Crippen molar-refractivity contribution in [2.75, 3.05) is 38.2 Å². The highest BCUT2D eigenvalue weighted by Gasteiger charge is 2.27. The molecule has 1 saturated heterocycles. The van der Waals surface area contributed by atoms with E-state index in [4.69, 9.17) is 32.7 Å². The maximum Gasteiger partial charge on any atom is 0.338 e. The summed E-state index contributed by atoms with van der Waals surface area (Å²) in [6.07, 6.45) is 0. The van der Waals surface area contributed by atoms with Crippen LogP contribution in [-0.2, 0) is 24.3 Å². The molecule has 0 spiro atoms. The SMILES string of the molecule is O=C(COC(=O)c1cccc(S(=O)(=O)N2CCOCC2)c1)Nc1cc(Cl)cc(Cl)c1. The number of nitrogens with zero attached hydrogens (tertiary/aromatic N) is 1. The van der Waals surface area contributed by atoms with Crippen LogP contribution in [0.2, 0.25) is 10.0 Å². The van der Waals surface area contributed by atoms with Gasteiger partial charge in [-0.2, -0.15) is 4.31 Å². The fourth-order valence-corrected chi connectivity index (χ4v) is 4.74. The summed E-state index contributed by atoms with van der Waals surface area (Å²) >= 11 is 11.7. The quantitative estimate of drug-likeness (QED) is 0.648. The Morgan fingerprint density at radius 1 is 1.07 bits per heavy atom. The standard InChI is InChI=1S/C19H18Cl2N2O6S/c20-14-9-15(21)11-16(10-14)22-18(24)12-29-19(25)13-2-1-3-17(8-13)30(26,27)23-4-6-28-7-5-23/h1-3,8-11H,4-7,12H2,(H,22,24). The summed E-state index contributed by atoms with van der Waals surface area (Å²) in [7, 11) is -3.76. The van der Waals surface area contributed by atoms with Gasteiger partial charge in [-0.25, -0.2) is 13.2 Å². The average molecular weight is 473 g/mol. The Bertz CT molecular complexity index is 1030. The Balaban J connectivity index is 1.63. The number of hydrogen-bond acceptors (Lipinski definition) is 6. The molecule has 160 valence electrons. The molecular weight excluding hydrogens is 455 g/mol. The van der Waals surface area contributed by atoms with Gasteiger partial charge in [0.25, 0.3) is 5.91 Å². The number of hydrogen-bond donors (Lipinski definition) is 1. The third-order valence-corrected chi connectivity index (χ3v) is 6.49. The van der Waals surface area contributed by atoms with E-state index >= 15 is 0 Å². The van der Waals surface area contributed by atoms with E-state index in [1.807, 2.05) is 0 Å². The second kappa shape index (κ2) is 9.76. The Morgan fingerprint density at radius 3 is 2.40 bits per heavy atom. The van der Waals surface area contributed by atoms with E-state index in [1.54, 1.807) is 0 Å². The van der Waals surface area contributed by atoms with Crippen LogP contribution in [0, 0.1) is 0 Å². The van der Waals surface area contributed by atoms with E-state index in [-0.39, 0.29) is 23.5 Å². The van der Waals surface area contributed by atoms with E-state index in [2.05, 4.69) is 5.32 Å². The van der Waals surface area contributed by atoms with Crippen molar-refractivity contribution in [1.82, 2.24) is 4.31 Å². The number of esters is 1. The molecule has 8 nitrogen and oxygen atoms in total. The number of sulfonamides is 1. The lowest BCUT2D eigenvalue weighted by Crippen LogP contribution is -2.40. The Morgan fingerprint density at radius 2 is 1.73 bits per heavy atom. The third-order valence-electron chi connectivity index (χ3n) is 4.16. The number of benzene rings is 2. The molecule has 0 radical (unpaired) electrons. The smallest absolute Gasteiger partial charge is 0.338 e. The average Bonchev–Trinajstić information content (AvgIpc) is 2.72. The molecule has 0 bridgehead atoms. The number of carbonyl (C=O) groups excluding carboxylic acids is 2. The van der Waals surface area contributed by atoms with Crippen molar-refractivity contribution in [2.45, 2.75) is 4.90 Å². The lowest BCUT2D eigenvalue weighted by molar-refractivity contribution is -0.119. The van der Waals surface area contributed by atoms with Crippen LogP contribution in [0.15, 0.2) is 47.4 Å². The first-order chi connectivity index (χ1) is 14.3. The van der Waals surface area contributed by atoms with Crippen LogP contribution in [0.4, 0.5) is 5.69 Å².